The van der Waals surface area contributed by atoms with E-state index in [1.807, 2.05) is 24.3 Å². The Labute approximate surface area is 163 Å². The summed E-state index contributed by atoms with van der Waals surface area (Å²) in [6.45, 7) is 0.532. The first-order valence-corrected chi connectivity index (χ1v) is 10.3. The van der Waals surface area contributed by atoms with Gasteiger partial charge in [0.1, 0.15) is 4.88 Å². The van der Waals surface area contributed by atoms with Gasteiger partial charge in [-0.1, -0.05) is 18.2 Å². The van der Waals surface area contributed by atoms with E-state index in [1.54, 1.807) is 16.2 Å². The Bertz CT molecular complexity index is 1040. The van der Waals surface area contributed by atoms with Gasteiger partial charge in [-0.05, 0) is 25.0 Å². The van der Waals surface area contributed by atoms with Crippen LogP contribution in [0.25, 0.3) is 19.5 Å². The van der Waals surface area contributed by atoms with Gasteiger partial charge in [0.15, 0.2) is 6.61 Å². The Hall–Kier alpha value is -2.45. The number of rotatable bonds is 4. The number of amides is 2. The molecule has 2 N–H and O–H groups in total. The lowest BCUT2D eigenvalue weighted by atomic mass is 9.97. The third kappa shape index (κ3) is 3.54. The molecule has 1 atom stereocenters. The van der Waals surface area contributed by atoms with Crippen LogP contribution in [0, 0.1) is 5.92 Å². The summed E-state index contributed by atoms with van der Waals surface area (Å²) in [5, 5.41) is 1.13. The van der Waals surface area contributed by atoms with Crippen LogP contribution in [-0.4, -0.2) is 42.4 Å². The number of likely N-dealkylation sites (tertiary alicyclic amines) is 1. The molecule has 0 bridgehead atoms. The largest absolute Gasteiger partial charge is 0.451 e. The minimum atomic E-state index is -0.496. The molecule has 1 saturated heterocycles. The van der Waals surface area contributed by atoms with Crippen LogP contribution in [0.15, 0.2) is 30.3 Å². The number of piperidine rings is 1. The number of ether oxygens (including phenoxy) is 1. The average molecular weight is 402 g/mol. The molecule has 1 aliphatic rings. The van der Waals surface area contributed by atoms with Crippen molar-refractivity contribution in [2.75, 3.05) is 19.7 Å². The minimum Gasteiger partial charge on any atom is -0.451 e. The molecule has 3 heterocycles. The van der Waals surface area contributed by atoms with E-state index < -0.39 is 11.9 Å². The van der Waals surface area contributed by atoms with E-state index in [4.69, 9.17) is 10.5 Å². The second-order valence-corrected chi connectivity index (χ2v) is 8.70. The normalized spacial score (nSPS) is 17.3. The minimum absolute atomic E-state index is 0.293. The molecule has 0 saturated carbocycles. The SMILES string of the molecule is NC(=O)[C@H]1CCCN(C(=O)COC(=O)c2cc3sc4ccccc4c3s2)C1. The highest BCUT2D eigenvalue weighted by Gasteiger charge is 2.27. The molecular weight excluding hydrogens is 384 g/mol. The third-order valence-corrected chi connectivity index (χ3v) is 7.15. The lowest BCUT2D eigenvalue weighted by Crippen LogP contribution is -2.45. The quantitative estimate of drug-likeness (QED) is 0.680. The van der Waals surface area contributed by atoms with Crippen molar-refractivity contribution < 1.29 is 19.1 Å². The second-order valence-electron chi connectivity index (χ2n) is 6.56. The highest BCUT2D eigenvalue weighted by atomic mass is 32.1. The number of esters is 1. The molecule has 3 aromatic rings. The van der Waals surface area contributed by atoms with E-state index >= 15 is 0 Å². The van der Waals surface area contributed by atoms with Gasteiger partial charge in [0, 0.05) is 27.9 Å². The smallest absolute Gasteiger partial charge is 0.348 e. The van der Waals surface area contributed by atoms with E-state index in [1.165, 1.54) is 16.0 Å². The number of nitrogens with zero attached hydrogens (tertiary/aromatic N) is 1. The molecule has 8 heteroatoms. The van der Waals surface area contributed by atoms with Gasteiger partial charge in [0.05, 0.1) is 10.6 Å². The second kappa shape index (κ2) is 7.28. The van der Waals surface area contributed by atoms with Gasteiger partial charge in [-0.3, -0.25) is 9.59 Å². The molecule has 1 aliphatic heterocycles. The molecule has 2 amide bonds. The van der Waals surface area contributed by atoms with Gasteiger partial charge in [0.2, 0.25) is 5.91 Å². The van der Waals surface area contributed by atoms with Crippen molar-refractivity contribution in [1.29, 1.82) is 0 Å². The van der Waals surface area contributed by atoms with Crippen LogP contribution >= 0.6 is 22.7 Å². The first-order valence-electron chi connectivity index (χ1n) is 8.68. The van der Waals surface area contributed by atoms with Crippen molar-refractivity contribution in [3.63, 3.8) is 0 Å². The Balaban J connectivity index is 1.41. The molecule has 0 radical (unpaired) electrons. The van der Waals surface area contributed by atoms with Crippen LogP contribution in [0.4, 0.5) is 0 Å². The fraction of sp³-hybridized carbons (Fsp3) is 0.316. The van der Waals surface area contributed by atoms with Gasteiger partial charge in [-0.15, -0.1) is 22.7 Å². The van der Waals surface area contributed by atoms with Crippen LogP contribution in [0.1, 0.15) is 22.5 Å². The maximum absolute atomic E-state index is 12.4. The standard InChI is InChI=1S/C19H18N2O4S2/c20-18(23)11-4-3-7-21(9-11)16(22)10-25-19(24)15-8-14-17(27-15)12-5-1-2-6-13(12)26-14/h1-2,5-6,8,11H,3-4,7,9-10H2,(H2,20,23)/t11-/m0/s1. The Morgan fingerprint density at radius 3 is 2.81 bits per heavy atom. The Morgan fingerprint density at radius 2 is 2.00 bits per heavy atom. The molecule has 0 spiro atoms. The van der Waals surface area contributed by atoms with E-state index in [2.05, 4.69) is 6.07 Å². The summed E-state index contributed by atoms with van der Waals surface area (Å²) in [6, 6.07) is 9.88. The highest BCUT2D eigenvalue weighted by Crippen LogP contribution is 2.39. The van der Waals surface area contributed by atoms with Crippen molar-refractivity contribution in [1.82, 2.24) is 4.90 Å². The number of nitrogens with two attached hydrogens (primary N) is 1. The van der Waals surface area contributed by atoms with Gasteiger partial charge in [-0.2, -0.15) is 0 Å². The molecule has 140 valence electrons. The maximum atomic E-state index is 12.4. The molecule has 0 aliphatic carbocycles. The number of benzene rings is 1. The molecule has 27 heavy (non-hydrogen) atoms. The molecule has 1 aromatic carbocycles. The number of carbonyl (C=O) groups is 3. The van der Waals surface area contributed by atoms with E-state index in [9.17, 15) is 14.4 Å². The zero-order valence-electron chi connectivity index (χ0n) is 14.5. The molecule has 2 aromatic heterocycles. The van der Waals surface area contributed by atoms with Crippen molar-refractivity contribution in [2.45, 2.75) is 12.8 Å². The molecule has 4 rings (SSSR count). The van der Waals surface area contributed by atoms with E-state index in [0.717, 1.165) is 21.2 Å². The van der Waals surface area contributed by atoms with Gasteiger partial charge < -0.3 is 15.4 Å². The molecule has 6 nitrogen and oxygen atoms in total. The van der Waals surface area contributed by atoms with Gasteiger partial charge in [-0.25, -0.2) is 4.79 Å². The third-order valence-electron chi connectivity index (χ3n) is 4.75. The van der Waals surface area contributed by atoms with Crippen LogP contribution in [-0.2, 0) is 14.3 Å². The summed E-state index contributed by atoms with van der Waals surface area (Å²) in [7, 11) is 0. The van der Waals surface area contributed by atoms with Crippen LogP contribution in [0.3, 0.4) is 0 Å². The Kier molecular flexibility index (Phi) is 4.84. The van der Waals surface area contributed by atoms with Crippen molar-refractivity contribution >= 4 is 59.9 Å². The number of carbonyl (C=O) groups excluding carboxylic acids is 3. The first kappa shape index (κ1) is 17.9. The predicted molar refractivity (Wildman–Crippen MR) is 106 cm³/mol. The van der Waals surface area contributed by atoms with Crippen LogP contribution in [0.2, 0.25) is 0 Å². The van der Waals surface area contributed by atoms with Crippen LogP contribution < -0.4 is 5.73 Å². The predicted octanol–water partition coefficient (Wildman–Crippen LogP) is 3.00. The lowest BCUT2D eigenvalue weighted by Gasteiger charge is -2.30. The maximum Gasteiger partial charge on any atom is 0.348 e. The van der Waals surface area contributed by atoms with Crippen LogP contribution in [0.5, 0.6) is 0 Å². The number of hydrogen-bond donors (Lipinski definition) is 1. The fourth-order valence-electron chi connectivity index (χ4n) is 3.33. The topological polar surface area (TPSA) is 89.7 Å². The van der Waals surface area contributed by atoms with Gasteiger partial charge >= 0.3 is 5.97 Å². The summed E-state index contributed by atoms with van der Waals surface area (Å²) < 4.78 is 8.51. The zero-order chi connectivity index (χ0) is 19.0. The molecular formula is C19H18N2O4S2. The van der Waals surface area contributed by atoms with E-state index in [-0.39, 0.29) is 18.4 Å². The first-order chi connectivity index (χ1) is 13.0. The molecule has 0 unspecified atom stereocenters. The monoisotopic (exact) mass is 402 g/mol. The number of hydrogen-bond acceptors (Lipinski definition) is 6. The summed E-state index contributed by atoms with van der Waals surface area (Å²) in [5.41, 5.74) is 5.33. The number of fused-ring (bicyclic) bond motifs is 3. The average Bonchev–Trinajstić information content (AvgIpc) is 3.24. The Morgan fingerprint density at radius 1 is 1.19 bits per heavy atom. The summed E-state index contributed by atoms with van der Waals surface area (Å²) in [6.07, 6.45) is 1.42. The summed E-state index contributed by atoms with van der Waals surface area (Å²) >= 11 is 3.02. The zero-order valence-corrected chi connectivity index (χ0v) is 16.1. The highest BCUT2D eigenvalue weighted by molar-refractivity contribution is 7.33. The molecule has 1 fully saturated rings. The number of thiophene rings is 2. The van der Waals surface area contributed by atoms with E-state index in [0.29, 0.717) is 24.4 Å². The van der Waals surface area contributed by atoms with Gasteiger partial charge in [0.25, 0.3) is 5.91 Å². The lowest BCUT2D eigenvalue weighted by molar-refractivity contribution is -0.137. The summed E-state index contributed by atoms with van der Waals surface area (Å²) in [5.74, 6) is -1.51. The van der Waals surface area contributed by atoms with Crippen molar-refractivity contribution in [2.24, 2.45) is 11.7 Å². The van der Waals surface area contributed by atoms with Crippen molar-refractivity contribution in [3.8, 4) is 0 Å². The summed E-state index contributed by atoms with van der Waals surface area (Å²) in [4.78, 5) is 38.0. The number of primary amides is 1. The fourth-order valence-corrected chi connectivity index (χ4v) is 5.74. The van der Waals surface area contributed by atoms with Crippen molar-refractivity contribution in [3.05, 3.63) is 35.2 Å².